The Kier molecular flexibility index (Phi) is 3.74. The molecule has 2 aromatic carbocycles. The number of aromatic nitrogens is 2. The second-order valence-electron chi connectivity index (χ2n) is 5.39. The zero-order chi connectivity index (χ0) is 15.5. The minimum Gasteiger partial charge on any atom is -0.338 e. The molecule has 0 unspecified atom stereocenters. The van der Waals surface area contributed by atoms with E-state index in [-0.39, 0.29) is 5.91 Å². The van der Waals surface area contributed by atoms with Crippen molar-refractivity contribution in [3.05, 3.63) is 60.2 Å². The van der Waals surface area contributed by atoms with Gasteiger partial charge in [-0.3, -0.25) is 4.79 Å². The normalized spacial score (nSPS) is 10.5. The number of carbonyl (C=O) groups is 1. The first-order valence-corrected chi connectivity index (χ1v) is 7.13. The molecular weight excluding hydrogens is 274 g/mol. The Morgan fingerprint density at radius 2 is 1.82 bits per heavy atom. The topological polar surface area (TPSA) is 57.8 Å². The van der Waals surface area contributed by atoms with Crippen molar-refractivity contribution in [2.75, 3.05) is 5.32 Å². The summed E-state index contributed by atoms with van der Waals surface area (Å²) in [5.74, 6) is 0.708. The van der Waals surface area contributed by atoms with E-state index in [4.69, 9.17) is 0 Å². The monoisotopic (exact) mass is 291 g/mol. The number of anilines is 1. The molecule has 0 aliphatic carbocycles. The lowest BCUT2D eigenvalue weighted by Gasteiger charge is -2.03. The van der Waals surface area contributed by atoms with Crippen LogP contribution in [0.1, 0.15) is 13.8 Å². The van der Waals surface area contributed by atoms with Crippen molar-refractivity contribution in [1.29, 1.82) is 0 Å². The zero-order valence-corrected chi connectivity index (χ0v) is 12.6. The van der Waals surface area contributed by atoms with E-state index in [2.05, 4.69) is 15.3 Å². The van der Waals surface area contributed by atoms with Crippen LogP contribution >= 0.6 is 0 Å². The highest BCUT2D eigenvalue weighted by Crippen LogP contribution is 2.22. The van der Waals surface area contributed by atoms with Crippen LogP contribution in [-0.4, -0.2) is 15.9 Å². The van der Waals surface area contributed by atoms with Gasteiger partial charge in [0.25, 0.3) is 0 Å². The second-order valence-corrected chi connectivity index (χ2v) is 5.39. The quantitative estimate of drug-likeness (QED) is 0.713. The van der Waals surface area contributed by atoms with E-state index in [9.17, 15) is 4.79 Å². The van der Waals surface area contributed by atoms with Gasteiger partial charge in [-0.1, -0.05) is 17.7 Å². The number of hydrogen-bond acceptors (Lipinski definition) is 2. The third-order valence-electron chi connectivity index (χ3n) is 3.24. The molecule has 0 aliphatic rings. The summed E-state index contributed by atoms with van der Waals surface area (Å²) in [6.07, 6.45) is 1.58. The maximum atomic E-state index is 11.7. The van der Waals surface area contributed by atoms with E-state index in [0.29, 0.717) is 0 Å². The molecule has 0 bridgehead atoms. The Balaban J connectivity index is 1.82. The summed E-state index contributed by atoms with van der Waals surface area (Å²) < 4.78 is 0. The molecule has 0 radical (unpaired) electrons. The van der Waals surface area contributed by atoms with E-state index in [1.165, 1.54) is 0 Å². The lowest BCUT2D eigenvalue weighted by Crippen LogP contribution is -2.08. The van der Waals surface area contributed by atoms with Crippen LogP contribution in [0.15, 0.2) is 60.2 Å². The lowest BCUT2D eigenvalue weighted by molar-refractivity contribution is -0.111. The Bertz CT molecular complexity index is 807. The first-order valence-electron chi connectivity index (χ1n) is 7.13. The number of para-hydroxylation sites is 2. The molecule has 4 heteroatoms. The largest absolute Gasteiger partial charge is 0.338 e. The fourth-order valence-corrected chi connectivity index (χ4v) is 2.24. The highest BCUT2D eigenvalue weighted by molar-refractivity contribution is 5.99. The molecule has 1 amide bonds. The standard InChI is InChI=1S/C18H17N3O/c1-12(2)11-17(22)19-14-9-7-13(8-10-14)18-20-15-5-3-4-6-16(15)21-18/h3-11H,1-2H3,(H,19,22)(H,20,21). The highest BCUT2D eigenvalue weighted by Gasteiger charge is 2.05. The fraction of sp³-hybridized carbons (Fsp3) is 0.111. The Morgan fingerprint density at radius 1 is 1.09 bits per heavy atom. The van der Waals surface area contributed by atoms with Crippen LogP contribution in [0, 0.1) is 0 Å². The smallest absolute Gasteiger partial charge is 0.248 e. The van der Waals surface area contributed by atoms with Gasteiger partial charge in [0.05, 0.1) is 11.0 Å². The second kappa shape index (κ2) is 5.85. The van der Waals surface area contributed by atoms with Gasteiger partial charge in [0.15, 0.2) is 0 Å². The van der Waals surface area contributed by atoms with Crippen molar-refractivity contribution in [2.24, 2.45) is 0 Å². The van der Waals surface area contributed by atoms with Crippen LogP contribution in [0.4, 0.5) is 5.69 Å². The zero-order valence-electron chi connectivity index (χ0n) is 12.6. The van der Waals surface area contributed by atoms with Gasteiger partial charge >= 0.3 is 0 Å². The SMILES string of the molecule is CC(C)=CC(=O)Nc1ccc(-c2nc3ccccc3[nH]2)cc1. The maximum absolute atomic E-state index is 11.7. The van der Waals surface area contributed by atoms with Crippen LogP contribution in [0.5, 0.6) is 0 Å². The maximum Gasteiger partial charge on any atom is 0.248 e. The molecule has 0 spiro atoms. The van der Waals surface area contributed by atoms with Crippen molar-refractivity contribution in [3.63, 3.8) is 0 Å². The molecule has 3 rings (SSSR count). The average Bonchev–Trinajstić information content (AvgIpc) is 2.91. The van der Waals surface area contributed by atoms with E-state index >= 15 is 0 Å². The molecule has 0 fully saturated rings. The summed E-state index contributed by atoms with van der Waals surface area (Å²) in [6.45, 7) is 3.79. The number of fused-ring (bicyclic) bond motifs is 1. The van der Waals surface area contributed by atoms with Gasteiger partial charge in [-0.2, -0.15) is 0 Å². The predicted octanol–water partition coefficient (Wildman–Crippen LogP) is 4.13. The van der Waals surface area contributed by atoms with Crippen LogP contribution in [0.2, 0.25) is 0 Å². The lowest BCUT2D eigenvalue weighted by atomic mass is 10.2. The third kappa shape index (κ3) is 3.06. The molecular formula is C18H17N3O. The number of aromatic amines is 1. The Labute approximate surface area is 128 Å². The molecule has 3 aromatic rings. The van der Waals surface area contributed by atoms with Crippen molar-refractivity contribution in [2.45, 2.75) is 13.8 Å². The van der Waals surface area contributed by atoms with Gasteiger partial charge in [-0.05, 0) is 50.2 Å². The minimum atomic E-state index is -0.114. The molecule has 2 N–H and O–H groups in total. The van der Waals surface area contributed by atoms with Crippen LogP contribution in [0.3, 0.4) is 0 Å². The van der Waals surface area contributed by atoms with E-state index in [1.54, 1.807) is 6.08 Å². The number of imidazole rings is 1. The van der Waals surface area contributed by atoms with Gasteiger partial charge in [-0.15, -0.1) is 0 Å². The van der Waals surface area contributed by atoms with Crippen molar-refractivity contribution >= 4 is 22.6 Å². The summed E-state index contributed by atoms with van der Waals surface area (Å²) in [4.78, 5) is 19.5. The number of nitrogens with one attached hydrogen (secondary N) is 2. The number of nitrogens with zero attached hydrogens (tertiary/aromatic N) is 1. The molecule has 0 saturated heterocycles. The molecule has 0 aliphatic heterocycles. The van der Waals surface area contributed by atoms with E-state index < -0.39 is 0 Å². The van der Waals surface area contributed by atoms with E-state index in [1.807, 2.05) is 62.4 Å². The van der Waals surface area contributed by atoms with Gasteiger partial charge in [0.1, 0.15) is 5.82 Å². The molecule has 1 heterocycles. The van der Waals surface area contributed by atoms with E-state index in [0.717, 1.165) is 33.7 Å². The summed E-state index contributed by atoms with van der Waals surface area (Å²) in [6, 6.07) is 15.5. The summed E-state index contributed by atoms with van der Waals surface area (Å²) >= 11 is 0. The van der Waals surface area contributed by atoms with Gasteiger partial charge in [-0.25, -0.2) is 4.98 Å². The minimum absolute atomic E-state index is 0.114. The number of hydrogen-bond donors (Lipinski definition) is 2. The van der Waals surface area contributed by atoms with Crippen molar-refractivity contribution in [1.82, 2.24) is 9.97 Å². The number of H-pyrrole nitrogens is 1. The van der Waals surface area contributed by atoms with Crippen LogP contribution < -0.4 is 5.32 Å². The molecule has 0 atom stereocenters. The van der Waals surface area contributed by atoms with Crippen LogP contribution in [-0.2, 0) is 4.79 Å². The van der Waals surface area contributed by atoms with Gasteiger partial charge in [0, 0.05) is 17.3 Å². The first-order chi connectivity index (χ1) is 10.6. The summed E-state index contributed by atoms with van der Waals surface area (Å²) in [5.41, 5.74) is 4.67. The molecule has 4 nitrogen and oxygen atoms in total. The number of rotatable bonds is 3. The number of allylic oxidation sites excluding steroid dienone is 1. The Morgan fingerprint density at radius 3 is 2.50 bits per heavy atom. The van der Waals surface area contributed by atoms with Crippen molar-refractivity contribution in [3.8, 4) is 11.4 Å². The highest BCUT2D eigenvalue weighted by atomic mass is 16.1. The van der Waals surface area contributed by atoms with Crippen LogP contribution in [0.25, 0.3) is 22.4 Å². The predicted molar refractivity (Wildman–Crippen MR) is 89.6 cm³/mol. The fourth-order valence-electron chi connectivity index (χ4n) is 2.24. The number of benzene rings is 2. The van der Waals surface area contributed by atoms with Gasteiger partial charge < -0.3 is 10.3 Å². The average molecular weight is 291 g/mol. The third-order valence-corrected chi connectivity index (χ3v) is 3.24. The number of carbonyl (C=O) groups excluding carboxylic acids is 1. The van der Waals surface area contributed by atoms with Crippen molar-refractivity contribution < 1.29 is 4.79 Å². The molecule has 22 heavy (non-hydrogen) atoms. The molecule has 1 aromatic heterocycles. The molecule has 110 valence electrons. The number of amides is 1. The Hall–Kier alpha value is -2.88. The summed E-state index contributed by atoms with van der Waals surface area (Å²) in [5, 5.41) is 2.83. The first kappa shape index (κ1) is 14.1. The van der Waals surface area contributed by atoms with Gasteiger partial charge in [0.2, 0.25) is 5.91 Å². The molecule has 0 saturated carbocycles. The summed E-state index contributed by atoms with van der Waals surface area (Å²) in [7, 11) is 0.